The van der Waals surface area contributed by atoms with E-state index >= 15 is 0 Å². The summed E-state index contributed by atoms with van der Waals surface area (Å²) >= 11 is 7.40. The first-order chi connectivity index (χ1) is 9.75. The molecule has 0 heterocycles. The lowest BCUT2D eigenvalue weighted by Gasteiger charge is -2.11. The van der Waals surface area contributed by atoms with Crippen LogP contribution in [0.2, 0.25) is 0 Å². The van der Waals surface area contributed by atoms with Gasteiger partial charge < -0.3 is 0 Å². The standard InChI is InChI=1S/C18H12Br2/c19-16-11-15(13-7-3-1-4-8-13)12-17(20)18(16)14-9-5-2-6-10-14/h1-12H. The zero-order chi connectivity index (χ0) is 13.9. The van der Waals surface area contributed by atoms with Gasteiger partial charge in [-0.05, 0) is 28.8 Å². The van der Waals surface area contributed by atoms with Crippen LogP contribution in [0.3, 0.4) is 0 Å². The van der Waals surface area contributed by atoms with E-state index in [0.717, 1.165) is 8.95 Å². The van der Waals surface area contributed by atoms with Gasteiger partial charge in [0, 0.05) is 14.5 Å². The minimum Gasteiger partial charge on any atom is -0.0622 e. The van der Waals surface area contributed by atoms with E-state index in [1.807, 2.05) is 12.1 Å². The minimum atomic E-state index is 1.09. The fraction of sp³-hybridized carbons (Fsp3) is 0. The van der Waals surface area contributed by atoms with Gasteiger partial charge >= 0.3 is 0 Å². The molecule has 0 N–H and O–H groups in total. The van der Waals surface area contributed by atoms with Crippen LogP contribution >= 0.6 is 31.9 Å². The van der Waals surface area contributed by atoms with Gasteiger partial charge in [0.15, 0.2) is 0 Å². The van der Waals surface area contributed by atoms with E-state index in [2.05, 4.69) is 92.5 Å². The molecule has 3 aromatic rings. The quantitative estimate of drug-likeness (QED) is 0.467. The van der Waals surface area contributed by atoms with Crippen LogP contribution in [0.5, 0.6) is 0 Å². The molecule has 3 aromatic carbocycles. The molecule has 0 bridgehead atoms. The van der Waals surface area contributed by atoms with Crippen LogP contribution in [0.4, 0.5) is 0 Å². The van der Waals surface area contributed by atoms with Crippen molar-refractivity contribution in [3.63, 3.8) is 0 Å². The van der Waals surface area contributed by atoms with E-state index in [9.17, 15) is 0 Å². The predicted octanol–water partition coefficient (Wildman–Crippen LogP) is 6.55. The smallest absolute Gasteiger partial charge is 0.0271 e. The molecule has 2 heteroatoms. The largest absolute Gasteiger partial charge is 0.0622 e. The maximum absolute atomic E-state index is 3.70. The molecule has 3 rings (SSSR count). The van der Waals surface area contributed by atoms with Gasteiger partial charge in [0.2, 0.25) is 0 Å². The molecule has 20 heavy (non-hydrogen) atoms. The fourth-order valence-electron chi connectivity index (χ4n) is 2.25. The first-order valence-corrected chi connectivity index (χ1v) is 7.94. The number of halogens is 2. The number of hydrogen-bond donors (Lipinski definition) is 0. The Balaban J connectivity index is 2.13. The first kappa shape index (κ1) is 13.6. The van der Waals surface area contributed by atoms with Crippen LogP contribution in [0.1, 0.15) is 0 Å². The van der Waals surface area contributed by atoms with Crippen molar-refractivity contribution >= 4 is 31.9 Å². The maximum atomic E-state index is 3.70. The van der Waals surface area contributed by atoms with Crippen molar-refractivity contribution in [3.8, 4) is 22.3 Å². The van der Waals surface area contributed by atoms with Crippen LogP contribution in [0.25, 0.3) is 22.3 Å². The second kappa shape index (κ2) is 5.94. The van der Waals surface area contributed by atoms with Crippen molar-refractivity contribution in [1.82, 2.24) is 0 Å². The molecule has 0 spiro atoms. The molecule has 0 saturated carbocycles. The molecule has 0 fully saturated rings. The number of benzene rings is 3. The summed E-state index contributed by atoms with van der Waals surface area (Å²) in [6.45, 7) is 0. The third-order valence-corrected chi connectivity index (χ3v) is 4.46. The predicted molar refractivity (Wildman–Crippen MR) is 92.7 cm³/mol. The second-order valence-electron chi connectivity index (χ2n) is 4.55. The van der Waals surface area contributed by atoms with Crippen molar-refractivity contribution in [3.05, 3.63) is 81.7 Å². The lowest BCUT2D eigenvalue weighted by molar-refractivity contribution is 1.53. The first-order valence-electron chi connectivity index (χ1n) is 6.35. The summed E-state index contributed by atoms with van der Waals surface area (Å²) < 4.78 is 2.19. The Morgan fingerprint density at radius 2 is 0.950 bits per heavy atom. The highest BCUT2D eigenvalue weighted by Crippen LogP contribution is 2.38. The lowest BCUT2D eigenvalue weighted by Crippen LogP contribution is -1.85. The molecular weight excluding hydrogens is 376 g/mol. The van der Waals surface area contributed by atoms with Gasteiger partial charge in [-0.15, -0.1) is 0 Å². The SMILES string of the molecule is Brc1cc(-c2ccccc2)cc(Br)c1-c1ccccc1. The van der Waals surface area contributed by atoms with Crippen molar-refractivity contribution in [2.75, 3.05) is 0 Å². The Morgan fingerprint density at radius 3 is 1.45 bits per heavy atom. The van der Waals surface area contributed by atoms with Gasteiger partial charge in [0.1, 0.15) is 0 Å². The number of rotatable bonds is 2. The van der Waals surface area contributed by atoms with Crippen molar-refractivity contribution in [1.29, 1.82) is 0 Å². The van der Waals surface area contributed by atoms with E-state index < -0.39 is 0 Å². The monoisotopic (exact) mass is 386 g/mol. The van der Waals surface area contributed by atoms with E-state index in [1.54, 1.807) is 0 Å². The normalized spacial score (nSPS) is 10.5. The molecular formula is C18H12Br2. The van der Waals surface area contributed by atoms with E-state index in [1.165, 1.54) is 22.3 Å². The molecule has 0 aromatic heterocycles. The summed E-state index contributed by atoms with van der Waals surface area (Å²) in [6.07, 6.45) is 0. The maximum Gasteiger partial charge on any atom is 0.0271 e. The minimum absolute atomic E-state index is 1.09. The highest BCUT2D eigenvalue weighted by Gasteiger charge is 2.10. The van der Waals surface area contributed by atoms with E-state index in [-0.39, 0.29) is 0 Å². The average Bonchev–Trinajstić information content (AvgIpc) is 2.48. The zero-order valence-corrected chi connectivity index (χ0v) is 13.9. The van der Waals surface area contributed by atoms with Crippen LogP contribution in [0, 0.1) is 0 Å². The zero-order valence-electron chi connectivity index (χ0n) is 10.7. The highest BCUT2D eigenvalue weighted by molar-refractivity contribution is 9.11. The topological polar surface area (TPSA) is 0 Å². The van der Waals surface area contributed by atoms with Gasteiger partial charge in [-0.2, -0.15) is 0 Å². The van der Waals surface area contributed by atoms with Crippen LogP contribution < -0.4 is 0 Å². The van der Waals surface area contributed by atoms with Crippen LogP contribution in [-0.2, 0) is 0 Å². The molecule has 0 amide bonds. The highest BCUT2D eigenvalue weighted by atomic mass is 79.9. The van der Waals surface area contributed by atoms with Gasteiger partial charge in [-0.1, -0.05) is 92.5 Å². The molecule has 0 aliphatic carbocycles. The van der Waals surface area contributed by atoms with Gasteiger partial charge in [-0.25, -0.2) is 0 Å². The van der Waals surface area contributed by atoms with Gasteiger partial charge in [-0.3, -0.25) is 0 Å². The molecule has 0 saturated heterocycles. The third-order valence-electron chi connectivity index (χ3n) is 3.21. The molecule has 0 nitrogen and oxygen atoms in total. The summed E-state index contributed by atoms with van der Waals surface area (Å²) in [6, 6.07) is 25.1. The van der Waals surface area contributed by atoms with Crippen LogP contribution in [-0.4, -0.2) is 0 Å². The Morgan fingerprint density at radius 1 is 0.500 bits per heavy atom. The summed E-state index contributed by atoms with van der Waals surface area (Å²) in [7, 11) is 0. The summed E-state index contributed by atoms with van der Waals surface area (Å²) in [4.78, 5) is 0. The van der Waals surface area contributed by atoms with E-state index in [0.29, 0.717) is 0 Å². The molecule has 0 radical (unpaired) electrons. The Kier molecular flexibility index (Phi) is 4.04. The number of hydrogen-bond acceptors (Lipinski definition) is 0. The molecule has 0 aliphatic heterocycles. The molecule has 0 aliphatic rings. The van der Waals surface area contributed by atoms with E-state index in [4.69, 9.17) is 0 Å². The van der Waals surface area contributed by atoms with Crippen LogP contribution in [0.15, 0.2) is 81.7 Å². The fourth-order valence-corrected chi connectivity index (χ4v) is 3.90. The average molecular weight is 388 g/mol. The molecule has 98 valence electrons. The Bertz CT molecular complexity index is 696. The third kappa shape index (κ3) is 2.72. The molecule has 0 unspecified atom stereocenters. The lowest BCUT2D eigenvalue weighted by atomic mass is 10.0. The molecule has 0 atom stereocenters. The summed E-state index contributed by atoms with van der Waals surface area (Å²) in [5.74, 6) is 0. The van der Waals surface area contributed by atoms with Crippen molar-refractivity contribution < 1.29 is 0 Å². The van der Waals surface area contributed by atoms with Gasteiger partial charge in [0.25, 0.3) is 0 Å². The second-order valence-corrected chi connectivity index (χ2v) is 6.26. The Labute approximate surface area is 135 Å². The van der Waals surface area contributed by atoms with Crippen molar-refractivity contribution in [2.45, 2.75) is 0 Å². The van der Waals surface area contributed by atoms with Crippen molar-refractivity contribution in [2.24, 2.45) is 0 Å². The van der Waals surface area contributed by atoms with Gasteiger partial charge in [0.05, 0.1) is 0 Å². The Hall–Kier alpha value is -1.38. The summed E-state index contributed by atoms with van der Waals surface area (Å²) in [5.41, 5.74) is 4.80. The summed E-state index contributed by atoms with van der Waals surface area (Å²) in [5, 5.41) is 0.